The SMILES string of the molecule is CCCNC1CCCCC1CN(C)CC1CC1C. The molecule has 1 N–H and O–H groups in total. The Morgan fingerprint density at radius 3 is 2.44 bits per heavy atom. The zero-order chi connectivity index (χ0) is 13.0. The summed E-state index contributed by atoms with van der Waals surface area (Å²) >= 11 is 0. The average Bonchev–Trinajstić information content (AvgIpc) is 3.03. The van der Waals surface area contributed by atoms with Gasteiger partial charge >= 0.3 is 0 Å². The summed E-state index contributed by atoms with van der Waals surface area (Å²) < 4.78 is 0. The van der Waals surface area contributed by atoms with E-state index >= 15 is 0 Å². The van der Waals surface area contributed by atoms with Crippen molar-refractivity contribution in [2.75, 3.05) is 26.7 Å². The lowest BCUT2D eigenvalue weighted by molar-refractivity contribution is 0.184. The lowest BCUT2D eigenvalue weighted by atomic mass is 9.84. The Morgan fingerprint density at radius 1 is 1.11 bits per heavy atom. The quantitative estimate of drug-likeness (QED) is 0.749. The first-order valence-corrected chi connectivity index (χ1v) is 8.12. The maximum atomic E-state index is 3.78. The fraction of sp³-hybridized carbons (Fsp3) is 1.00. The molecule has 0 aliphatic heterocycles. The van der Waals surface area contributed by atoms with Crippen molar-refractivity contribution in [1.82, 2.24) is 10.2 Å². The molecule has 2 heteroatoms. The summed E-state index contributed by atoms with van der Waals surface area (Å²) in [6, 6.07) is 0.790. The van der Waals surface area contributed by atoms with Gasteiger partial charge in [0.15, 0.2) is 0 Å². The van der Waals surface area contributed by atoms with Gasteiger partial charge in [-0.05, 0) is 57.0 Å². The van der Waals surface area contributed by atoms with Gasteiger partial charge in [-0.25, -0.2) is 0 Å². The number of nitrogens with zero attached hydrogens (tertiary/aromatic N) is 1. The lowest BCUT2D eigenvalue weighted by Crippen LogP contribution is -2.44. The zero-order valence-electron chi connectivity index (χ0n) is 12.6. The number of hydrogen-bond donors (Lipinski definition) is 1. The highest BCUT2D eigenvalue weighted by Crippen LogP contribution is 2.38. The summed E-state index contributed by atoms with van der Waals surface area (Å²) in [7, 11) is 2.33. The molecule has 18 heavy (non-hydrogen) atoms. The predicted octanol–water partition coefficient (Wildman–Crippen LogP) is 3.13. The molecule has 0 aromatic heterocycles. The van der Waals surface area contributed by atoms with Crippen molar-refractivity contribution in [3.8, 4) is 0 Å². The van der Waals surface area contributed by atoms with E-state index in [2.05, 4.69) is 31.1 Å². The minimum absolute atomic E-state index is 0.790. The lowest BCUT2D eigenvalue weighted by Gasteiger charge is -2.35. The van der Waals surface area contributed by atoms with E-state index < -0.39 is 0 Å². The molecule has 4 atom stereocenters. The van der Waals surface area contributed by atoms with Gasteiger partial charge in [-0.1, -0.05) is 26.7 Å². The van der Waals surface area contributed by atoms with Gasteiger partial charge in [-0.15, -0.1) is 0 Å². The molecule has 0 aromatic rings. The average molecular weight is 252 g/mol. The monoisotopic (exact) mass is 252 g/mol. The van der Waals surface area contributed by atoms with Crippen molar-refractivity contribution in [1.29, 1.82) is 0 Å². The Morgan fingerprint density at radius 2 is 1.78 bits per heavy atom. The van der Waals surface area contributed by atoms with Crippen LogP contribution in [0.25, 0.3) is 0 Å². The molecule has 2 saturated carbocycles. The van der Waals surface area contributed by atoms with Gasteiger partial charge in [0.25, 0.3) is 0 Å². The predicted molar refractivity (Wildman–Crippen MR) is 78.8 cm³/mol. The van der Waals surface area contributed by atoms with Crippen LogP contribution in [0.15, 0.2) is 0 Å². The van der Waals surface area contributed by atoms with Gasteiger partial charge < -0.3 is 10.2 Å². The summed E-state index contributed by atoms with van der Waals surface area (Å²) in [6.45, 7) is 8.50. The molecule has 2 rings (SSSR count). The number of hydrogen-bond acceptors (Lipinski definition) is 2. The molecule has 2 aliphatic rings. The number of rotatable bonds is 7. The molecule has 2 fully saturated rings. The molecule has 0 radical (unpaired) electrons. The third-order valence-corrected chi connectivity index (χ3v) is 4.93. The van der Waals surface area contributed by atoms with Gasteiger partial charge in [-0.3, -0.25) is 0 Å². The third-order valence-electron chi connectivity index (χ3n) is 4.93. The topological polar surface area (TPSA) is 15.3 Å². The van der Waals surface area contributed by atoms with Gasteiger partial charge in [0.2, 0.25) is 0 Å². The van der Waals surface area contributed by atoms with E-state index in [1.165, 1.54) is 58.2 Å². The highest BCUT2D eigenvalue weighted by molar-refractivity contribution is 4.87. The molecule has 2 aliphatic carbocycles. The second-order valence-corrected chi connectivity index (χ2v) is 6.80. The molecule has 0 aromatic carbocycles. The summed E-state index contributed by atoms with van der Waals surface area (Å²) in [4.78, 5) is 2.60. The van der Waals surface area contributed by atoms with Crippen molar-refractivity contribution in [3.05, 3.63) is 0 Å². The molecule has 4 unspecified atom stereocenters. The van der Waals surface area contributed by atoms with Crippen LogP contribution in [-0.2, 0) is 0 Å². The molecule has 0 saturated heterocycles. The molecule has 0 bridgehead atoms. The van der Waals surface area contributed by atoms with E-state index in [1.54, 1.807) is 0 Å². The number of nitrogens with one attached hydrogen (secondary N) is 1. The molecule has 2 nitrogen and oxygen atoms in total. The van der Waals surface area contributed by atoms with E-state index in [4.69, 9.17) is 0 Å². The largest absolute Gasteiger partial charge is 0.314 e. The summed E-state index contributed by atoms with van der Waals surface area (Å²) in [5, 5.41) is 3.78. The van der Waals surface area contributed by atoms with Crippen molar-refractivity contribution in [2.24, 2.45) is 17.8 Å². The minimum Gasteiger partial charge on any atom is -0.314 e. The van der Waals surface area contributed by atoms with Crippen molar-refractivity contribution in [2.45, 2.75) is 58.4 Å². The minimum atomic E-state index is 0.790. The van der Waals surface area contributed by atoms with Gasteiger partial charge in [0.1, 0.15) is 0 Å². The van der Waals surface area contributed by atoms with E-state index in [9.17, 15) is 0 Å². The first-order valence-electron chi connectivity index (χ1n) is 8.12. The van der Waals surface area contributed by atoms with Crippen molar-refractivity contribution < 1.29 is 0 Å². The van der Waals surface area contributed by atoms with Crippen LogP contribution >= 0.6 is 0 Å². The van der Waals surface area contributed by atoms with Crippen LogP contribution in [-0.4, -0.2) is 37.6 Å². The third kappa shape index (κ3) is 4.24. The van der Waals surface area contributed by atoms with Gasteiger partial charge in [0, 0.05) is 19.1 Å². The van der Waals surface area contributed by atoms with Crippen LogP contribution in [0.5, 0.6) is 0 Å². The Kier molecular flexibility index (Phi) is 5.50. The van der Waals surface area contributed by atoms with Crippen molar-refractivity contribution in [3.63, 3.8) is 0 Å². The van der Waals surface area contributed by atoms with Crippen LogP contribution in [0.4, 0.5) is 0 Å². The van der Waals surface area contributed by atoms with E-state index in [0.29, 0.717) is 0 Å². The Bertz CT molecular complexity index is 241. The van der Waals surface area contributed by atoms with Crippen LogP contribution in [0, 0.1) is 17.8 Å². The fourth-order valence-electron chi connectivity index (χ4n) is 3.55. The normalized spacial score (nSPS) is 36.0. The Hall–Kier alpha value is -0.0800. The second kappa shape index (κ2) is 6.91. The first-order chi connectivity index (χ1) is 8.70. The second-order valence-electron chi connectivity index (χ2n) is 6.80. The van der Waals surface area contributed by atoms with Crippen LogP contribution < -0.4 is 5.32 Å². The van der Waals surface area contributed by atoms with Gasteiger partial charge in [0.05, 0.1) is 0 Å². The van der Waals surface area contributed by atoms with Crippen LogP contribution in [0.2, 0.25) is 0 Å². The maximum absolute atomic E-state index is 3.78. The molecule has 0 amide bonds. The summed E-state index contributed by atoms with van der Waals surface area (Å²) in [5.74, 6) is 2.89. The zero-order valence-corrected chi connectivity index (χ0v) is 12.6. The summed E-state index contributed by atoms with van der Waals surface area (Å²) in [6.07, 6.45) is 8.44. The smallest absolute Gasteiger partial charge is 0.0107 e. The first kappa shape index (κ1) is 14.3. The molecule has 0 spiro atoms. The molecule has 0 heterocycles. The van der Waals surface area contributed by atoms with Crippen LogP contribution in [0.1, 0.15) is 52.4 Å². The molecule has 106 valence electrons. The van der Waals surface area contributed by atoms with E-state index in [-0.39, 0.29) is 0 Å². The highest BCUT2D eigenvalue weighted by atomic mass is 15.1. The van der Waals surface area contributed by atoms with E-state index in [1.807, 2.05) is 0 Å². The van der Waals surface area contributed by atoms with E-state index in [0.717, 1.165) is 23.8 Å². The Labute approximate surface area is 114 Å². The molecular weight excluding hydrogens is 220 g/mol. The molecular formula is C16H32N2. The fourth-order valence-corrected chi connectivity index (χ4v) is 3.55. The Balaban J connectivity index is 1.73. The maximum Gasteiger partial charge on any atom is 0.0107 e. The highest BCUT2D eigenvalue weighted by Gasteiger charge is 2.34. The standard InChI is InChI=1S/C16H32N2/c1-4-9-17-16-8-6-5-7-14(16)11-18(3)12-15-10-13(15)2/h13-17H,4-12H2,1-3H3. The van der Waals surface area contributed by atoms with Crippen LogP contribution in [0.3, 0.4) is 0 Å². The van der Waals surface area contributed by atoms with Crippen molar-refractivity contribution >= 4 is 0 Å². The summed E-state index contributed by atoms with van der Waals surface area (Å²) in [5.41, 5.74) is 0. The van der Waals surface area contributed by atoms with Gasteiger partial charge in [-0.2, -0.15) is 0 Å².